The van der Waals surface area contributed by atoms with Crippen molar-refractivity contribution in [1.82, 2.24) is 14.8 Å². The molecule has 0 aliphatic rings. The zero-order valence-corrected chi connectivity index (χ0v) is 15.6. The molecule has 0 saturated heterocycles. The van der Waals surface area contributed by atoms with Gasteiger partial charge in [-0.15, -0.1) is 0 Å². The molecule has 4 aromatic rings. The molecule has 0 amide bonds. The Morgan fingerprint density at radius 1 is 1.03 bits per heavy atom. The summed E-state index contributed by atoms with van der Waals surface area (Å²) in [5, 5.41) is 21.0. The van der Waals surface area contributed by atoms with E-state index in [4.69, 9.17) is 14.6 Å². The van der Waals surface area contributed by atoms with Crippen LogP contribution in [0.3, 0.4) is 0 Å². The van der Waals surface area contributed by atoms with Crippen molar-refractivity contribution in [2.45, 2.75) is 6.92 Å². The molecule has 30 heavy (non-hydrogen) atoms. The van der Waals surface area contributed by atoms with Crippen LogP contribution in [0.15, 0.2) is 51.7 Å². The molecule has 0 saturated carbocycles. The first-order chi connectivity index (χ1) is 14.3. The molecule has 0 aliphatic heterocycles. The number of carbonyl (C=O) groups is 2. The van der Waals surface area contributed by atoms with Gasteiger partial charge in [-0.25, -0.2) is 19.3 Å². The van der Waals surface area contributed by atoms with E-state index < -0.39 is 11.9 Å². The molecule has 150 valence electrons. The van der Waals surface area contributed by atoms with Crippen molar-refractivity contribution in [3.05, 3.63) is 81.1 Å². The van der Waals surface area contributed by atoms with Gasteiger partial charge in [-0.1, -0.05) is 0 Å². The smallest absolute Gasteiger partial charge is 0.335 e. The van der Waals surface area contributed by atoms with Crippen LogP contribution < -0.4 is 5.56 Å². The predicted octanol–water partition coefficient (Wildman–Crippen LogP) is 3.18. The highest BCUT2D eigenvalue weighted by Crippen LogP contribution is 2.19. The van der Waals surface area contributed by atoms with E-state index in [2.05, 4.69) is 10.1 Å². The SMILES string of the molecule is Cc1[nH]n(-c2ccc(C(=O)O)cc2)c(=O)c1C=Cc1nc2cc(C(=O)O)ccc2o1. The van der Waals surface area contributed by atoms with E-state index in [0.717, 1.165) is 0 Å². The van der Waals surface area contributed by atoms with Gasteiger partial charge < -0.3 is 14.6 Å². The molecule has 0 bridgehead atoms. The number of nitrogens with one attached hydrogen (secondary N) is 1. The van der Waals surface area contributed by atoms with Crippen molar-refractivity contribution >= 4 is 35.2 Å². The van der Waals surface area contributed by atoms with Crippen LogP contribution in [0.2, 0.25) is 0 Å². The van der Waals surface area contributed by atoms with Crippen molar-refractivity contribution in [1.29, 1.82) is 0 Å². The van der Waals surface area contributed by atoms with Crippen LogP contribution in [0.1, 0.15) is 37.9 Å². The van der Waals surface area contributed by atoms with Crippen molar-refractivity contribution < 1.29 is 24.2 Å². The van der Waals surface area contributed by atoms with Crippen molar-refractivity contribution in [2.24, 2.45) is 0 Å². The number of aryl methyl sites for hydroxylation is 1. The van der Waals surface area contributed by atoms with Crippen LogP contribution in [-0.4, -0.2) is 36.9 Å². The average Bonchev–Trinajstić information content (AvgIpc) is 3.25. The Hall–Kier alpha value is -4.40. The van der Waals surface area contributed by atoms with E-state index >= 15 is 0 Å². The van der Waals surface area contributed by atoms with Gasteiger partial charge >= 0.3 is 11.9 Å². The number of oxazole rings is 1. The van der Waals surface area contributed by atoms with Crippen LogP contribution in [-0.2, 0) is 0 Å². The summed E-state index contributed by atoms with van der Waals surface area (Å²) >= 11 is 0. The minimum absolute atomic E-state index is 0.101. The van der Waals surface area contributed by atoms with Crippen LogP contribution >= 0.6 is 0 Å². The number of rotatable bonds is 5. The van der Waals surface area contributed by atoms with Crippen LogP contribution in [0, 0.1) is 6.92 Å². The highest BCUT2D eigenvalue weighted by atomic mass is 16.4. The van der Waals surface area contributed by atoms with E-state index in [9.17, 15) is 14.4 Å². The van der Waals surface area contributed by atoms with Crippen molar-refractivity contribution in [2.75, 3.05) is 0 Å². The molecule has 3 N–H and O–H groups in total. The van der Waals surface area contributed by atoms with Crippen LogP contribution in [0.4, 0.5) is 0 Å². The van der Waals surface area contributed by atoms with Gasteiger partial charge in [0.15, 0.2) is 5.58 Å². The lowest BCUT2D eigenvalue weighted by molar-refractivity contribution is 0.0686. The minimum Gasteiger partial charge on any atom is -0.478 e. The molecule has 4 rings (SSSR count). The van der Waals surface area contributed by atoms with Gasteiger partial charge in [0.1, 0.15) is 5.52 Å². The monoisotopic (exact) mass is 405 g/mol. The molecule has 2 aromatic heterocycles. The van der Waals surface area contributed by atoms with Gasteiger partial charge in [0.25, 0.3) is 5.56 Å². The normalized spacial score (nSPS) is 11.4. The second kappa shape index (κ2) is 7.21. The maximum atomic E-state index is 12.8. The molecular weight excluding hydrogens is 390 g/mol. The Labute approximate surface area is 168 Å². The quantitative estimate of drug-likeness (QED) is 0.463. The Kier molecular flexibility index (Phi) is 4.55. The summed E-state index contributed by atoms with van der Waals surface area (Å²) in [6.07, 6.45) is 3.08. The Morgan fingerprint density at radius 2 is 1.70 bits per heavy atom. The first-order valence-corrected chi connectivity index (χ1v) is 8.81. The zero-order chi connectivity index (χ0) is 21.4. The molecule has 0 aliphatic carbocycles. The van der Waals surface area contributed by atoms with E-state index in [1.165, 1.54) is 53.2 Å². The summed E-state index contributed by atoms with van der Waals surface area (Å²) in [7, 11) is 0. The number of aromatic carboxylic acids is 2. The second-order valence-corrected chi connectivity index (χ2v) is 6.52. The highest BCUT2D eigenvalue weighted by Gasteiger charge is 2.12. The van der Waals surface area contributed by atoms with Gasteiger partial charge in [-0.05, 0) is 55.5 Å². The third-order valence-corrected chi connectivity index (χ3v) is 4.53. The van der Waals surface area contributed by atoms with Gasteiger partial charge in [0.05, 0.1) is 22.4 Å². The van der Waals surface area contributed by atoms with Crippen molar-refractivity contribution in [3.8, 4) is 5.69 Å². The van der Waals surface area contributed by atoms with Gasteiger partial charge in [0.2, 0.25) is 5.89 Å². The molecule has 0 radical (unpaired) electrons. The fourth-order valence-electron chi connectivity index (χ4n) is 2.99. The lowest BCUT2D eigenvalue weighted by atomic mass is 10.2. The summed E-state index contributed by atoms with van der Waals surface area (Å²) in [6, 6.07) is 10.3. The number of hydrogen-bond donors (Lipinski definition) is 3. The fraction of sp³-hybridized carbons (Fsp3) is 0.0476. The van der Waals surface area contributed by atoms with Crippen LogP contribution in [0.5, 0.6) is 0 Å². The molecule has 0 spiro atoms. The zero-order valence-electron chi connectivity index (χ0n) is 15.6. The largest absolute Gasteiger partial charge is 0.478 e. The van der Waals surface area contributed by atoms with E-state index in [1.54, 1.807) is 13.0 Å². The number of aromatic nitrogens is 3. The highest BCUT2D eigenvalue weighted by molar-refractivity contribution is 5.92. The number of hydrogen-bond acceptors (Lipinski definition) is 5. The summed E-state index contributed by atoms with van der Waals surface area (Å²) in [5.74, 6) is -1.88. The number of carboxylic acids is 2. The summed E-state index contributed by atoms with van der Waals surface area (Å²) < 4.78 is 6.88. The molecule has 0 atom stereocenters. The Morgan fingerprint density at radius 3 is 2.37 bits per heavy atom. The number of nitrogens with zero attached hydrogens (tertiary/aromatic N) is 2. The van der Waals surface area contributed by atoms with E-state index in [-0.39, 0.29) is 22.6 Å². The van der Waals surface area contributed by atoms with Crippen LogP contribution in [0.25, 0.3) is 28.9 Å². The minimum atomic E-state index is -1.06. The summed E-state index contributed by atoms with van der Waals surface area (Å²) in [4.78, 5) is 39.0. The second-order valence-electron chi connectivity index (χ2n) is 6.52. The third kappa shape index (κ3) is 3.39. The van der Waals surface area contributed by atoms with Gasteiger partial charge in [-0.3, -0.25) is 9.89 Å². The van der Waals surface area contributed by atoms with E-state index in [1.807, 2.05) is 0 Å². The number of carboxylic acid groups (broad SMARTS) is 2. The molecule has 9 heteroatoms. The molecule has 0 unspecified atom stereocenters. The van der Waals surface area contributed by atoms with Gasteiger partial charge in [0, 0.05) is 11.8 Å². The van der Waals surface area contributed by atoms with Crippen molar-refractivity contribution in [3.63, 3.8) is 0 Å². The maximum Gasteiger partial charge on any atom is 0.335 e. The third-order valence-electron chi connectivity index (χ3n) is 4.53. The summed E-state index contributed by atoms with van der Waals surface area (Å²) in [5.41, 5.74) is 2.21. The standard InChI is InChI=1S/C21H15N3O6/c1-11-15(19(25)24(23-11)14-5-2-12(3-6-14)20(26)27)7-9-18-22-16-10-13(21(28)29)4-8-17(16)30-18/h2-10,23H,1H3,(H,26,27)(H,28,29). The lowest BCUT2D eigenvalue weighted by Gasteiger charge is -2.01. The lowest BCUT2D eigenvalue weighted by Crippen LogP contribution is -2.16. The first kappa shape index (κ1) is 18.9. The summed E-state index contributed by atoms with van der Waals surface area (Å²) in [6.45, 7) is 1.73. The number of fused-ring (bicyclic) bond motifs is 1. The number of benzene rings is 2. The molecule has 0 fully saturated rings. The average molecular weight is 405 g/mol. The Balaban J connectivity index is 1.66. The molecule has 2 aromatic carbocycles. The predicted molar refractivity (Wildman–Crippen MR) is 108 cm³/mol. The Bertz CT molecular complexity index is 1370. The molecule has 2 heterocycles. The first-order valence-electron chi connectivity index (χ1n) is 8.81. The number of aromatic amines is 1. The maximum absolute atomic E-state index is 12.8. The number of H-pyrrole nitrogens is 1. The molecule has 9 nitrogen and oxygen atoms in total. The van der Waals surface area contributed by atoms with Gasteiger partial charge in [-0.2, -0.15) is 0 Å². The molecular formula is C21H15N3O6. The fourth-order valence-corrected chi connectivity index (χ4v) is 2.99. The van der Waals surface area contributed by atoms with E-state index in [0.29, 0.717) is 28.0 Å². The topological polar surface area (TPSA) is 138 Å².